The van der Waals surface area contributed by atoms with Crippen molar-refractivity contribution in [3.05, 3.63) is 0 Å². The van der Waals surface area contributed by atoms with Crippen LogP contribution in [0.15, 0.2) is 0 Å². The van der Waals surface area contributed by atoms with Gasteiger partial charge in [0.25, 0.3) is 0 Å². The molecule has 0 aliphatic carbocycles. The third kappa shape index (κ3) is 2.32. The Hall–Kier alpha value is -1.30. The Balaban J connectivity index is 2.51. The molecule has 1 fully saturated rings. The molecule has 1 saturated heterocycles. The standard InChI is InChI=1S/C7H13N3O3/c8-9-6(11)5-2-1-3-10(4-5)7(12)13/h5H,1-4,8H2,(H,9,11)(H,12,13)/t5-/m1/s1. The molecule has 0 radical (unpaired) electrons. The van der Waals surface area contributed by atoms with Crippen LogP contribution < -0.4 is 11.3 Å². The van der Waals surface area contributed by atoms with Gasteiger partial charge in [-0.25, -0.2) is 10.6 Å². The van der Waals surface area contributed by atoms with Gasteiger partial charge < -0.3 is 10.0 Å². The maximum absolute atomic E-state index is 11.1. The Morgan fingerprint density at radius 1 is 1.54 bits per heavy atom. The minimum Gasteiger partial charge on any atom is -0.465 e. The van der Waals surface area contributed by atoms with Crippen molar-refractivity contribution in [2.75, 3.05) is 13.1 Å². The first-order valence-corrected chi connectivity index (χ1v) is 4.13. The summed E-state index contributed by atoms with van der Waals surface area (Å²) in [6, 6.07) is 0. The van der Waals surface area contributed by atoms with E-state index >= 15 is 0 Å². The lowest BCUT2D eigenvalue weighted by Gasteiger charge is -2.29. The number of carbonyl (C=O) groups excluding carboxylic acids is 1. The van der Waals surface area contributed by atoms with Crippen LogP contribution in [0.25, 0.3) is 0 Å². The molecule has 6 nitrogen and oxygen atoms in total. The van der Waals surface area contributed by atoms with Crippen LogP contribution in [0.3, 0.4) is 0 Å². The zero-order chi connectivity index (χ0) is 9.84. The van der Waals surface area contributed by atoms with Crippen molar-refractivity contribution >= 4 is 12.0 Å². The molecule has 4 N–H and O–H groups in total. The molecule has 0 saturated carbocycles. The van der Waals surface area contributed by atoms with Gasteiger partial charge in [0.05, 0.1) is 5.92 Å². The Labute approximate surface area is 75.7 Å². The number of nitrogens with two attached hydrogens (primary N) is 1. The third-order valence-corrected chi connectivity index (χ3v) is 2.20. The molecule has 13 heavy (non-hydrogen) atoms. The lowest BCUT2D eigenvalue weighted by molar-refractivity contribution is -0.126. The number of rotatable bonds is 1. The SMILES string of the molecule is NNC(=O)[C@@H]1CCCN(C(=O)O)C1. The number of nitrogens with zero attached hydrogens (tertiary/aromatic N) is 1. The van der Waals surface area contributed by atoms with Gasteiger partial charge in [0.15, 0.2) is 0 Å². The highest BCUT2D eigenvalue weighted by Crippen LogP contribution is 2.16. The van der Waals surface area contributed by atoms with E-state index < -0.39 is 6.09 Å². The molecule has 0 aromatic carbocycles. The molecule has 1 heterocycles. The topological polar surface area (TPSA) is 95.7 Å². The van der Waals surface area contributed by atoms with Gasteiger partial charge in [-0.05, 0) is 12.8 Å². The molecule has 0 aromatic heterocycles. The number of hydrogen-bond acceptors (Lipinski definition) is 3. The van der Waals surface area contributed by atoms with Crippen LogP contribution >= 0.6 is 0 Å². The lowest BCUT2D eigenvalue weighted by atomic mass is 9.98. The normalized spacial score (nSPS) is 22.5. The van der Waals surface area contributed by atoms with E-state index in [-0.39, 0.29) is 18.4 Å². The number of amides is 2. The maximum atomic E-state index is 11.1. The van der Waals surface area contributed by atoms with Crippen molar-refractivity contribution < 1.29 is 14.7 Å². The number of nitrogens with one attached hydrogen (secondary N) is 1. The predicted molar refractivity (Wildman–Crippen MR) is 44.7 cm³/mol. The van der Waals surface area contributed by atoms with Crippen LogP contribution in [0, 0.1) is 5.92 Å². The smallest absolute Gasteiger partial charge is 0.407 e. The van der Waals surface area contributed by atoms with E-state index in [9.17, 15) is 9.59 Å². The van der Waals surface area contributed by atoms with E-state index in [1.165, 1.54) is 4.90 Å². The summed E-state index contributed by atoms with van der Waals surface area (Å²) in [4.78, 5) is 22.9. The Bertz CT molecular complexity index is 219. The summed E-state index contributed by atoms with van der Waals surface area (Å²) in [5.41, 5.74) is 2.04. The highest BCUT2D eigenvalue weighted by Gasteiger charge is 2.27. The summed E-state index contributed by atoms with van der Waals surface area (Å²) in [5.74, 6) is 4.38. The molecule has 1 rings (SSSR count). The summed E-state index contributed by atoms with van der Waals surface area (Å²) < 4.78 is 0. The first kappa shape index (κ1) is 9.79. The van der Waals surface area contributed by atoms with E-state index in [1.807, 2.05) is 5.43 Å². The molecule has 1 atom stereocenters. The zero-order valence-electron chi connectivity index (χ0n) is 7.19. The van der Waals surface area contributed by atoms with E-state index in [2.05, 4.69) is 0 Å². The summed E-state index contributed by atoms with van der Waals surface area (Å²) in [6.07, 6.45) is 0.437. The second-order valence-electron chi connectivity index (χ2n) is 3.08. The van der Waals surface area contributed by atoms with Gasteiger partial charge in [-0.1, -0.05) is 0 Å². The summed E-state index contributed by atoms with van der Waals surface area (Å²) >= 11 is 0. The van der Waals surface area contributed by atoms with Crippen LogP contribution in [-0.2, 0) is 4.79 Å². The average Bonchev–Trinajstić information content (AvgIpc) is 2.17. The van der Waals surface area contributed by atoms with Crippen molar-refractivity contribution in [3.8, 4) is 0 Å². The highest BCUT2D eigenvalue weighted by molar-refractivity contribution is 5.79. The molecule has 1 aliphatic rings. The van der Waals surface area contributed by atoms with Crippen molar-refractivity contribution in [2.24, 2.45) is 11.8 Å². The van der Waals surface area contributed by atoms with Gasteiger partial charge in [-0.3, -0.25) is 10.2 Å². The number of carbonyl (C=O) groups is 2. The second-order valence-corrected chi connectivity index (χ2v) is 3.08. The molecular weight excluding hydrogens is 174 g/mol. The Morgan fingerprint density at radius 3 is 2.77 bits per heavy atom. The highest BCUT2D eigenvalue weighted by atomic mass is 16.4. The molecule has 74 valence electrons. The van der Waals surface area contributed by atoms with Crippen molar-refractivity contribution in [1.29, 1.82) is 0 Å². The first-order valence-electron chi connectivity index (χ1n) is 4.13. The zero-order valence-corrected chi connectivity index (χ0v) is 7.19. The van der Waals surface area contributed by atoms with Gasteiger partial charge in [0.2, 0.25) is 5.91 Å². The van der Waals surface area contributed by atoms with Gasteiger partial charge >= 0.3 is 6.09 Å². The summed E-state index contributed by atoms with van der Waals surface area (Å²) in [6.45, 7) is 0.752. The predicted octanol–water partition coefficient (Wildman–Crippen LogP) is -0.634. The lowest BCUT2D eigenvalue weighted by Crippen LogP contribution is -2.46. The van der Waals surface area contributed by atoms with Crippen LogP contribution in [0.4, 0.5) is 4.79 Å². The molecule has 1 aliphatic heterocycles. The van der Waals surface area contributed by atoms with Crippen molar-refractivity contribution in [2.45, 2.75) is 12.8 Å². The van der Waals surface area contributed by atoms with E-state index in [1.54, 1.807) is 0 Å². The fourth-order valence-corrected chi connectivity index (χ4v) is 1.48. The largest absolute Gasteiger partial charge is 0.465 e. The first-order chi connectivity index (χ1) is 6.15. The Kier molecular flexibility index (Phi) is 3.07. The molecule has 2 amide bonds. The fraction of sp³-hybridized carbons (Fsp3) is 0.714. The molecule has 6 heteroatoms. The van der Waals surface area contributed by atoms with Crippen LogP contribution in [-0.4, -0.2) is 35.1 Å². The van der Waals surface area contributed by atoms with Crippen molar-refractivity contribution in [3.63, 3.8) is 0 Å². The van der Waals surface area contributed by atoms with Gasteiger partial charge in [0.1, 0.15) is 0 Å². The average molecular weight is 187 g/mol. The van der Waals surface area contributed by atoms with E-state index in [4.69, 9.17) is 10.9 Å². The van der Waals surface area contributed by atoms with Crippen LogP contribution in [0.2, 0.25) is 0 Å². The molecule has 0 unspecified atom stereocenters. The summed E-state index contributed by atoms with van der Waals surface area (Å²) in [7, 11) is 0. The monoisotopic (exact) mass is 187 g/mol. The van der Waals surface area contributed by atoms with Crippen molar-refractivity contribution in [1.82, 2.24) is 10.3 Å². The number of carboxylic acid groups (broad SMARTS) is 1. The second kappa shape index (κ2) is 4.08. The van der Waals surface area contributed by atoms with Crippen LogP contribution in [0.1, 0.15) is 12.8 Å². The quantitative estimate of drug-likeness (QED) is 0.289. The molecule has 0 spiro atoms. The van der Waals surface area contributed by atoms with Gasteiger partial charge in [-0.2, -0.15) is 0 Å². The van der Waals surface area contributed by atoms with E-state index in [0.717, 1.165) is 0 Å². The minimum absolute atomic E-state index is 0.248. The number of hydrogen-bond donors (Lipinski definition) is 3. The van der Waals surface area contributed by atoms with Gasteiger partial charge in [-0.15, -0.1) is 0 Å². The third-order valence-electron chi connectivity index (χ3n) is 2.20. The summed E-state index contributed by atoms with van der Waals surface area (Å²) in [5, 5.41) is 8.67. The van der Waals surface area contributed by atoms with Gasteiger partial charge in [0, 0.05) is 13.1 Å². The number of piperidine rings is 1. The molecular formula is C7H13N3O3. The van der Waals surface area contributed by atoms with Crippen LogP contribution in [0.5, 0.6) is 0 Å². The minimum atomic E-state index is -0.977. The van der Waals surface area contributed by atoms with E-state index in [0.29, 0.717) is 19.4 Å². The number of likely N-dealkylation sites (tertiary alicyclic amines) is 1. The fourth-order valence-electron chi connectivity index (χ4n) is 1.48. The molecule has 0 aromatic rings. The Morgan fingerprint density at radius 2 is 2.23 bits per heavy atom. The maximum Gasteiger partial charge on any atom is 0.407 e. The molecule has 0 bridgehead atoms. The number of hydrazine groups is 1.